The highest BCUT2D eigenvalue weighted by molar-refractivity contribution is 7.97. The summed E-state index contributed by atoms with van der Waals surface area (Å²) in [6.07, 6.45) is 5.33. The summed E-state index contributed by atoms with van der Waals surface area (Å²) < 4.78 is 0. The Labute approximate surface area is 731 Å². The van der Waals surface area contributed by atoms with Crippen LogP contribution in [0.2, 0.25) is 0 Å². The Morgan fingerprint density at radius 3 is 0.538 bits per heavy atom. The van der Waals surface area contributed by atoms with Crippen LogP contribution in [0, 0.1) is 41.5 Å². The van der Waals surface area contributed by atoms with Crippen LogP contribution in [0.3, 0.4) is 0 Å². The van der Waals surface area contributed by atoms with E-state index in [-0.39, 0.29) is 16.2 Å². The van der Waals surface area contributed by atoms with Crippen LogP contribution in [-0.2, 0) is 16.2 Å². The van der Waals surface area contributed by atoms with Crippen LogP contribution in [0.4, 0.5) is 0 Å². The Bertz CT molecular complexity index is 4080. The monoisotopic (exact) mass is 1600 g/mol. The van der Waals surface area contributed by atoms with Crippen molar-refractivity contribution in [2.24, 2.45) is 0 Å². The molecule has 0 nitrogen and oxygen atoms in total. The Balaban J connectivity index is 0.000000709. The van der Waals surface area contributed by atoms with Crippen LogP contribution in [0.15, 0.2) is 437 Å². The van der Waals surface area contributed by atoms with E-state index in [4.69, 9.17) is 0 Å². The molecule has 0 N–H and O–H groups in total. The molecule has 15 aromatic rings. The average molecular weight is 1600 g/mol. The number of hydrogen-bond acceptors (Lipinski definition) is 1. The van der Waals surface area contributed by atoms with Gasteiger partial charge in [0.05, 0.1) is 10.8 Å². The third-order valence-electron chi connectivity index (χ3n) is 18.2. The predicted molar refractivity (Wildman–Crippen MR) is 538 cm³/mol. The smallest absolute Gasteiger partial charge is 0.0713 e. The van der Waals surface area contributed by atoms with Crippen molar-refractivity contribution >= 4 is 11.8 Å². The van der Waals surface area contributed by atoms with Gasteiger partial charge in [-0.1, -0.05) is 587 Å². The Morgan fingerprint density at radius 1 is 0.202 bits per heavy atom. The van der Waals surface area contributed by atoms with E-state index in [1.165, 1.54) is 107 Å². The zero-order valence-electron chi connectivity index (χ0n) is 77.2. The second kappa shape index (κ2) is 65.7. The molecule has 1 aliphatic rings. The molecule has 624 valence electrons. The molecular weight excluding hydrogens is 1450 g/mol. The summed E-state index contributed by atoms with van der Waals surface area (Å²) in [4.78, 5) is 0. The summed E-state index contributed by atoms with van der Waals surface area (Å²) in [6, 6.07) is 153. The molecule has 119 heavy (non-hydrogen) atoms. The van der Waals surface area contributed by atoms with Gasteiger partial charge in [-0.3, -0.25) is 0 Å². The fraction of sp³-hybridized carbons (Fsp3) is 0.237. The van der Waals surface area contributed by atoms with Crippen LogP contribution in [-0.4, -0.2) is 12.5 Å². The van der Waals surface area contributed by atoms with E-state index in [2.05, 4.69) is 324 Å². The van der Waals surface area contributed by atoms with Crippen molar-refractivity contribution < 1.29 is 0 Å². The van der Waals surface area contributed by atoms with E-state index < -0.39 is 0 Å². The van der Waals surface area contributed by atoms with Gasteiger partial charge >= 0.3 is 0 Å². The molecule has 1 heteroatoms. The van der Waals surface area contributed by atoms with Crippen molar-refractivity contribution in [2.75, 3.05) is 12.5 Å². The molecule has 0 atom stereocenters. The van der Waals surface area contributed by atoms with E-state index in [1.807, 2.05) is 278 Å². The third-order valence-corrected chi connectivity index (χ3v) is 18.2. The largest absolute Gasteiger partial charge is 0.169 e. The molecule has 0 aliphatic heterocycles. The van der Waals surface area contributed by atoms with Crippen LogP contribution in [0.25, 0.3) is 11.1 Å². The number of aryl methyl sites for hydroxylation is 6. The molecule has 0 unspecified atom stereocenters. The summed E-state index contributed by atoms with van der Waals surface area (Å²) in [6.45, 7) is 45.7. The first-order valence-electron chi connectivity index (χ1n) is 43.4. The number of rotatable bonds is 8. The molecule has 16 rings (SSSR count). The highest BCUT2D eigenvalue weighted by Gasteiger charge is 2.46. The predicted octanol–water partition coefficient (Wildman–Crippen LogP) is 35.0. The lowest BCUT2D eigenvalue weighted by atomic mass is 9.65. The van der Waals surface area contributed by atoms with Gasteiger partial charge in [-0.2, -0.15) is 11.8 Å². The Kier molecular flexibility index (Phi) is 58.3. The Hall–Kier alpha value is -11.4. The molecule has 0 saturated heterocycles. The van der Waals surface area contributed by atoms with Gasteiger partial charge in [0.1, 0.15) is 0 Å². The first-order chi connectivity index (χ1) is 58.2. The number of thioether (sulfide) groups is 1. The van der Waals surface area contributed by atoms with Gasteiger partial charge in [-0.25, -0.2) is 0 Å². The molecule has 1 aliphatic carbocycles. The second-order valence-corrected chi connectivity index (χ2v) is 27.8. The molecule has 0 bridgehead atoms. The molecule has 0 aromatic heterocycles. The van der Waals surface area contributed by atoms with Crippen LogP contribution >= 0.6 is 11.8 Å². The summed E-state index contributed by atoms with van der Waals surface area (Å²) in [7, 11) is 0. The quantitative estimate of drug-likeness (QED) is 0.137. The zero-order valence-corrected chi connectivity index (χ0v) is 78.0. The van der Waals surface area contributed by atoms with Crippen molar-refractivity contribution in [1.82, 2.24) is 0 Å². The van der Waals surface area contributed by atoms with Gasteiger partial charge in [0.25, 0.3) is 0 Å². The van der Waals surface area contributed by atoms with E-state index in [0.717, 1.165) is 0 Å². The first kappa shape index (κ1) is 106. The lowest BCUT2D eigenvalue weighted by Crippen LogP contribution is -2.31. The first-order valence-corrected chi connectivity index (χ1v) is 45.0. The minimum absolute atomic E-state index is 0.0708. The number of hydrogen-bond donors (Lipinski definition) is 0. The highest BCUT2D eigenvalue weighted by Crippen LogP contribution is 2.56. The topological polar surface area (TPSA) is 0 Å². The Morgan fingerprint density at radius 2 is 0.345 bits per heavy atom. The van der Waals surface area contributed by atoms with Crippen LogP contribution in [0.1, 0.15) is 206 Å². The van der Waals surface area contributed by atoms with Crippen molar-refractivity contribution in [3.05, 3.63) is 526 Å². The van der Waals surface area contributed by atoms with E-state index >= 15 is 0 Å². The summed E-state index contributed by atoms with van der Waals surface area (Å²) >= 11 is 1.75. The van der Waals surface area contributed by atoms with Gasteiger partial charge in [0.2, 0.25) is 0 Å². The van der Waals surface area contributed by atoms with Gasteiger partial charge in [0.15, 0.2) is 0 Å². The number of benzene rings is 15. The maximum Gasteiger partial charge on any atom is 0.0713 e. The van der Waals surface area contributed by atoms with Crippen molar-refractivity contribution in [2.45, 2.75) is 175 Å². The average Bonchev–Trinajstić information content (AvgIpc) is 1.55. The summed E-state index contributed by atoms with van der Waals surface area (Å²) in [5.74, 6) is 0. The molecule has 0 heterocycles. The molecule has 0 spiro atoms. The van der Waals surface area contributed by atoms with E-state index in [1.54, 1.807) is 11.8 Å². The highest BCUT2D eigenvalue weighted by atomic mass is 32.2. The van der Waals surface area contributed by atoms with E-state index in [9.17, 15) is 0 Å². The van der Waals surface area contributed by atoms with Crippen LogP contribution < -0.4 is 0 Å². The fourth-order valence-corrected chi connectivity index (χ4v) is 12.6. The maximum absolute atomic E-state index is 2.30. The molecular formula is C118H146S. The zero-order chi connectivity index (χ0) is 88.2. The van der Waals surface area contributed by atoms with Crippen LogP contribution in [0.5, 0.6) is 0 Å². The van der Waals surface area contributed by atoms with Crippen molar-refractivity contribution in [3.8, 4) is 11.1 Å². The molecule has 0 fully saturated rings. The minimum Gasteiger partial charge on any atom is -0.169 e. The summed E-state index contributed by atoms with van der Waals surface area (Å²) in [5, 5.41) is 0. The normalized spacial score (nSPS) is 9.98. The molecule has 0 amide bonds. The fourth-order valence-electron chi connectivity index (χ4n) is 12.6. The molecule has 0 radical (unpaired) electrons. The van der Waals surface area contributed by atoms with E-state index in [0.29, 0.717) is 0 Å². The van der Waals surface area contributed by atoms with Gasteiger partial charge < -0.3 is 0 Å². The van der Waals surface area contributed by atoms with Crippen molar-refractivity contribution in [1.29, 1.82) is 0 Å². The van der Waals surface area contributed by atoms with Gasteiger partial charge in [-0.15, -0.1) is 0 Å². The number of fused-ring (bicyclic) bond motifs is 3. The second-order valence-electron chi connectivity index (χ2n) is 27.0. The lowest BCUT2D eigenvalue weighted by Gasteiger charge is -2.37. The summed E-state index contributed by atoms with van der Waals surface area (Å²) in [5.41, 5.74) is 23.2. The molecule has 15 aromatic carbocycles. The minimum atomic E-state index is -0.343. The maximum atomic E-state index is 2.30. The molecule has 0 saturated carbocycles. The SMILES string of the molecule is CC.CC.CC.CC.CC.CC.CCC.CSC.Cc1ccc(C(C)(C)c2ccc(C)cc2)cc1.Cc1ccc(C(c2ccccc2)(c2ccccc2)c2ccc(C)cc2)cc1.Cc1ccc(C2(c3ccc(C)cc3)c3ccccc3-c3ccccc32)cc1.c1ccccc1.c1ccccc1.c1ccccc1.c1ccccc1.c1ccccc1. The van der Waals surface area contributed by atoms with Gasteiger partial charge in [-0.05, 0) is 121 Å². The lowest BCUT2D eigenvalue weighted by molar-refractivity contribution is 0.640. The van der Waals surface area contributed by atoms with Crippen molar-refractivity contribution in [3.63, 3.8) is 0 Å². The standard InChI is InChI=1S/C27H22.C27H24.C17H20.5C6H6.C3H8.C2H6S.6C2H6/c1-19-11-15-21(16-12-19)27(22-17-13-20(2)14-18-22)25-9-5-3-7-23(25)24-8-4-6-10-26(24)27;1-21-13-17-25(18-14-21)27(23-9-5-3-6-10-23,24-11-7-4-8-12-24)26-19-15-22(2)16-20-26;1-13-5-9-15(10-6-13)17(3,4)16-11-7-14(2)8-12-16;5*1-2-4-6-5-3-1;2*1-3-2;6*1-2/h3-18H,1-2H3;3-20H,1-2H3;5-12H,1-4H3;5*1-6H;3H2,1-2H3;1-2H3;6*1-2H3. The van der Waals surface area contributed by atoms with Gasteiger partial charge in [0, 0.05) is 5.41 Å². The third kappa shape index (κ3) is 35.8.